The van der Waals surface area contributed by atoms with E-state index in [0.717, 1.165) is 6.42 Å². The Balaban J connectivity index is 1.99. The highest BCUT2D eigenvalue weighted by Crippen LogP contribution is 2.37. The van der Waals surface area contributed by atoms with Gasteiger partial charge in [0, 0.05) is 46.6 Å². The largest absolute Gasteiger partial charge is 0.392 e. The molecule has 2 atom stereocenters. The number of nitrogens with one attached hydrogen (secondary N) is 1. The summed E-state index contributed by atoms with van der Waals surface area (Å²) < 4.78 is 0. The zero-order valence-electron chi connectivity index (χ0n) is 13.3. The standard InChI is InChI=1S/C15H25N3O4/c1-17(2)12(20)4-5-13(21)18-9-6-11(19)15(10-18)7-3-8-16-14(15)22/h11,19H,3-10H2,1-2H3,(H,16,22)/t11-,15+/m0/s1. The molecular weight excluding hydrogens is 286 g/mol. The lowest BCUT2D eigenvalue weighted by Gasteiger charge is -2.46. The van der Waals surface area contributed by atoms with Gasteiger partial charge in [-0.25, -0.2) is 0 Å². The van der Waals surface area contributed by atoms with E-state index < -0.39 is 11.5 Å². The lowest BCUT2D eigenvalue weighted by atomic mass is 9.71. The number of hydrogen-bond acceptors (Lipinski definition) is 4. The van der Waals surface area contributed by atoms with E-state index in [9.17, 15) is 19.5 Å². The SMILES string of the molecule is CN(C)C(=O)CCC(=O)N1CC[C@H](O)[C@@]2(CCCNC2=O)C1. The van der Waals surface area contributed by atoms with E-state index in [2.05, 4.69) is 5.32 Å². The maximum Gasteiger partial charge on any atom is 0.230 e. The first-order valence-corrected chi connectivity index (χ1v) is 7.81. The van der Waals surface area contributed by atoms with Crippen LogP contribution >= 0.6 is 0 Å². The number of amides is 3. The molecule has 0 aromatic carbocycles. The molecule has 7 heteroatoms. The highest BCUT2D eigenvalue weighted by Gasteiger charge is 2.50. The summed E-state index contributed by atoms with van der Waals surface area (Å²) in [6.45, 7) is 1.30. The fraction of sp³-hybridized carbons (Fsp3) is 0.800. The molecule has 22 heavy (non-hydrogen) atoms. The number of piperidine rings is 2. The van der Waals surface area contributed by atoms with Crippen molar-refractivity contribution in [2.45, 2.75) is 38.2 Å². The van der Waals surface area contributed by atoms with Gasteiger partial charge in [0.2, 0.25) is 17.7 Å². The van der Waals surface area contributed by atoms with Crippen LogP contribution < -0.4 is 5.32 Å². The topological polar surface area (TPSA) is 90.0 Å². The summed E-state index contributed by atoms with van der Waals surface area (Å²) >= 11 is 0. The van der Waals surface area contributed by atoms with Crippen molar-refractivity contribution in [3.05, 3.63) is 0 Å². The quantitative estimate of drug-likeness (QED) is 0.724. The number of rotatable bonds is 3. The lowest BCUT2D eigenvalue weighted by molar-refractivity contribution is -0.155. The van der Waals surface area contributed by atoms with Gasteiger partial charge in [0.1, 0.15) is 0 Å². The summed E-state index contributed by atoms with van der Waals surface area (Å²) in [4.78, 5) is 39.2. The fourth-order valence-corrected chi connectivity index (χ4v) is 3.25. The summed E-state index contributed by atoms with van der Waals surface area (Å²) in [5.74, 6) is -0.372. The summed E-state index contributed by atoms with van der Waals surface area (Å²) in [6.07, 6.45) is 1.42. The van der Waals surface area contributed by atoms with Crippen LogP contribution in [0.1, 0.15) is 32.1 Å². The van der Waals surface area contributed by atoms with Crippen molar-refractivity contribution < 1.29 is 19.5 Å². The van der Waals surface area contributed by atoms with Crippen LogP contribution in [0, 0.1) is 5.41 Å². The average Bonchev–Trinajstić information content (AvgIpc) is 2.49. The summed E-state index contributed by atoms with van der Waals surface area (Å²) in [6, 6.07) is 0. The maximum atomic E-state index is 12.3. The summed E-state index contributed by atoms with van der Waals surface area (Å²) in [5, 5.41) is 13.1. The Morgan fingerprint density at radius 2 is 2.14 bits per heavy atom. The van der Waals surface area contributed by atoms with Gasteiger partial charge >= 0.3 is 0 Å². The normalized spacial score (nSPS) is 28.4. The molecule has 0 aromatic rings. The fourth-order valence-electron chi connectivity index (χ4n) is 3.25. The third-order valence-electron chi connectivity index (χ3n) is 4.72. The third-order valence-corrected chi connectivity index (χ3v) is 4.72. The number of nitrogens with zero attached hydrogens (tertiary/aromatic N) is 2. The van der Waals surface area contributed by atoms with Crippen LogP contribution in [0.5, 0.6) is 0 Å². The highest BCUT2D eigenvalue weighted by atomic mass is 16.3. The molecule has 2 saturated heterocycles. The van der Waals surface area contributed by atoms with Gasteiger partial charge in [-0.1, -0.05) is 0 Å². The Morgan fingerprint density at radius 3 is 2.77 bits per heavy atom. The number of carbonyl (C=O) groups excluding carboxylic acids is 3. The van der Waals surface area contributed by atoms with Gasteiger partial charge in [-0.2, -0.15) is 0 Å². The Bertz CT molecular complexity index is 466. The Morgan fingerprint density at radius 1 is 1.41 bits per heavy atom. The van der Waals surface area contributed by atoms with Crippen LogP contribution in [0.4, 0.5) is 0 Å². The zero-order chi connectivity index (χ0) is 16.3. The van der Waals surface area contributed by atoms with Gasteiger partial charge in [0.05, 0.1) is 11.5 Å². The second-order valence-electron chi connectivity index (χ2n) is 6.42. The van der Waals surface area contributed by atoms with Crippen LogP contribution in [-0.4, -0.2) is 72.5 Å². The van der Waals surface area contributed by atoms with Crippen molar-refractivity contribution in [1.29, 1.82) is 0 Å². The molecule has 0 aliphatic carbocycles. The molecule has 0 radical (unpaired) electrons. The molecule has 2 aliphatic rings. The van der Waals surface area contributed by atoms with Crippen LogP contribution in [-0.2, 0) is 14.4 Å². The summed E-state index contributed by atoms with van der Waals surface area (Å²) in [5.41, 5.74) is -0.877. The molecule has 3 amide bonds. The molecule has 0 aromatic heterocycles. The Hall–Kier alpha value is -1.63. The van der Waals surface area contributed by atoms with Gasteiger partial charge in [-0.3, -0.25) is 14.4 Å². The molecule has 2 fully saturated rings. The smallest absolute Gasteiger partial charge is 0.230 e. The van der Waals surface area contributed by atoms with Crippen molar-refractivity contribution >= 4 is 17.7 Å². The minimum absolute atomic E-state index is 0.0875. The Labute approximate surface area is 130 Å². The van der Waals surface area contributed by atoms with Crippen molar-refractivity contribution in [2.75, 3.05) is 33.7 Å². The number of carbonyl (C=O) groups is 3. The number of aliphatic hydroxyl groups excluding tert-OH is 1. The van der Waals surface area contributed by atoms with Gasteiger partial charge in [0.25, 0.3) is 0 Å². The number of hydrogen-bond donors (Lipinski definition) is 2. The predicted octanol–water partition coefficient (Wildman–Crippen LogP) is -0.656. The minimum atomic E-state index is -0.877. The molecule has 0 bridgehead atoms. The van der Waals surface area contributed by atoms with Crippen LogP contribution in [0.15, 0.2) is 0 Å². The van der Waals surface area contributed by atoms with Gasteiger partial charge in [0.15, 0.2) is 0 Å². The first kappa shape index (κ1) is 16.7. The molecule has 124 valence electrons. The second kappa shape index (κ2) is 6.64. The third kappa shape index (κ3) is 3.24. The van der Waals surface area contributed by atoms with Crippen molar-refractivity contribution in [3.63, 3.8) is 0 Å². The Kier molecular flexibility index (Phi) is 5.05. The molecule has 2 heterocycles. The van der Waals surface area contributed by atoms with E-state index in [4.69, 9.17) is 0 Å². The van der Waals surface area contributed by atoms with E-state index in [1.54, 1.807) is 19.0 Å². The summed E-state index contributed by atoms with van der Waals surface area (Å²) in [7, 11) is 3.32. The number of aliphatic hydroxyl groups is 1. The van der Waals surface area contributed by atoms with E-state index >= 15 is 0 Å². The van der Waals surface area contributed by atoms with E-state index in [0.29, 0.717) is 25.9 Å². The van der Waals surface area contributed by atoms with Crippen LogP contribution in [0.2, 0.25) is 0 Å². The van der Waals surface area contributed by atoms with E-state index in [1.807, 2.05) is 0 Å². The molecule has 2 aliphatic heterocycles. The first-order valence-electron chi connectivity index (χ1n) is 7.81. The minimum Gasteiger partial charge on any atom is -0.392 e. The molecule has 0 saturated carbocycles. The highest BCUT2D eigenvalue weighted by molar-refractivity contribution is 5.87. The van der Waals surface area contributed by atoms with Gasteiger partial charge in [-0.05, 0) is 19.3 Å². The predicted molar refractivity (Wildman–Crippen MR) is 79.8 cm³/mol. The van der Waals surface area contributed by atoms with Crippen molar-refractivity contribution in [1.82, 2.24) is 15.1 Å². The van der Waals surface area contributed by atoms with Crippen LogP contribution in [0.3, 0.4) is 0 Å². The zero-order valence-corrected chi connectivity index (χ0v) is 13.3. The monoisotopic (exact) mass is 311 g/mol. The average molecular weight is 311 g/mol. The molecular formula is C15H25N3O4. The first-order chi connectivity index (χ1) is 10.4. The molecule has 2 rings (SSSR count). The number of likely N-dealkylation sites (tertiary alicyclic amines) is 1. The second-order valence-corrected chi connectivity index (χ2v) is 6.42. The van der Waals surface area contributed by atoms with Crippen LogP contribution in [0.25, 0.3) is 0 Å². The van der Waals surface area contributed by atoms with Crippen molar-refractivity contribution in [2.24, 2.45) is 5.41 Å². The van der Waals surface area contributed by atoms with E-state index in [1.165, 1.54) is 4.90 Å². The molecule has 7 nitrogen and oxygen atoms in total. The maximum absolute atomic E-state index is 12.3. The molecule has 0 unspecified atom stereocenters. The van der Waals surface area contributed by atoms with Crippen molar-refractivity contribution in [3.8, 4) is 0 Å². The molecule has 2 N–H and O–H groups in total. The van der Waals surface area contributed by atoms with Gasteiger partial charge < -0.3 is 20.2 Å². The lowest BCUT2D eigenvalue weighted by Crippen LogP contribution is -2.62. The van der Waals surface area contributed by atoms with Gasteiger partial charge in [-0.15, -0.1) is 0 Å². The molecule has 1 spiro atoms. The van der Waals surface area contributed by atoms with E-state index in [-0.39, 0.29) is 37.1 Å².